The summed E-state index contributed by atoms with van der Waals surface area (Å²) >= 11 is 1.82. The number of rotatable bonds is 2. The molecule has 0 atom stereocenters. The molecule has 126 valence electrons. The Morgan fingerprint density at radius 1 is 1.21 bits per heavy atom. The highest BCUT2D eigenvalue weighted by Crippen LogP contribution is 2.34. The van der Waals surface area contributed by atoms with Gasteiger partial charge >= 0.3 is 0 Å². The van der Waals surface area contributed by atoms with Gasteiger partial charge in [0.2, 0.25) is 0 Å². The quantitative estimate of drug-likeness (QED) is 0.710. The van der Waals surface area contributed by atoms with Gasteiger partial charge in [0, 0.05) is 36.0 Å². The van der Waals surface area contributed by atoms with Crippen molar-refractivity contribution in [1.82, 2.24) is 19.6 Å². The van der Waals surface area contributed by atoms with Crippen molar-refractivity contribution in [3.63, 3.8) is 0 Å². The van der Waals surface area contributed by atoms with Crippen LogP contribution < -0.4 is 4.90 Å². The molecule has 0 N–H and O–H groups in total. The lowest BCUT2D eigenvalue weighted by atomic mass is 9.93. The van der Waals surface area contributed by atoms with Crippen molar-refractivity contribution in [2.24, 2.45) is 0 Å². The Balaban J connectivity index is 1.49. The molecule has 1 aliphatic rings. The van der Waals surface area contributed by atoms with Crippen LogP contribution in [0.4, 0.5) is 5.82 Å². The monoisotopic (exact) mass is 341 g/mol. The summed E-state index contributed by atoms with van der Waals surface area (Å²) in [7, 11) is 0. The number of piperidine rings is 1. The molecular weight excluding hydrogens is 318 g/mol. The maximum Gasteiger partial charge on any atom is 0.156 e. The van der Waals surface area contributed by atoms with Crippen molar-refractivity contribution in [3.8, 4) is 0 Å². The second-order valence-corrected chi connectivity index (χ2v) is 8.39. The normalized spacial score (nSPS) is 16.9. The van der Waals surface area contributed by atoms with Crippen LogP contribution in [0.5, 0.6) is 0 Å². The lowest BCUT2D eigenvalue weighted by Gasteiger charge is -2.32. The van der Waals surface area contributed by atoms with Gasteiger partial charge in [-0.05, 0) is 25.0 Å². The van der Waals surface area contributed by atoms with E-state index in [9.17, 15) is 0 Å². The number of thiazole rings is 1. The summed E-state index contributed by atoms with van der Waals surface area (Å²) < 4.78 is 1.89. The van der Waals surface area contributed by atoms with Crippen molar-refractivity contribution in [2.45, 2.75) is 44.9 Å². The first-order valence-electron chi connectivity index (χ1n) is 8.51. The van der Waals surface area contributed by atoms with Crippen molar-refractivity contribution in [2.75, 3.05) is 18.0 Å². The van der Waals surface area contributed by atoms with E-state index in [2.05, 4.69) is 47.2 Å². The van der Waals surface area contributed by atoms with E-state index in [1.807, 2.05) is 28.1 Å². The second-order valence-electron chi connectivity index (χ2n) is 7.50. The number of fused-ring (bicyclic) bond motifs is 1. The summed E-state index contributed by atoms with van der Waals surface area (Å²) in [5.41, 5.74) is 2.44. The van der Waals surface area contributed by atoms with Crippen LogP contribution in [0.15, 0.2) is 30.0 Å². The van der Waals surface area contributed by atoms with E-state index in [-0.39, 0.29) is 5.41 Å². The van der Waals surface area contributed by atoms with Gasteiger partial charge in [0.25, 0.3) is 0 Å². The molecular formula is C18H23N5S. The Hall–Kier alpha value is -1.95. The molecule has 5 nitrogen and oxygen atoms in total. The molecule has 24 heavy (non-hydrogen) atoms. The highest BCUT2D eigenvalue weighted by molar-refractivity contribution is 7.09. The number of anilines is 1. The molecule has 0 amide bonds. The summed E-state index contributed by atoms with van der Waals surface area (Å²) in [6.07, 6.45) is 5.88. The molecule has 4 rings (SSSR count). The van der Waals surface area contributed by atoms with E-state index < -0.39 is 0 Å². The Kier molecular flexibility index (Phi) is 3.79. The number of hydrogen-bond acceptors (Lipinski definition) is 5. The van der Waals surface area contributed by atoms with E-state index in [4.69, 9.17) is 4.98 Å². The molecule has 0 bridgehead atoms. The molecule has 3 aromatic heterocycles. The van der Waals surface area contributed by atoms with Gasteiger partial charge in [0.15, 0.2) is 5.82 Å². The van der Waals surface area contributed by atoms with Crippen LogP contribution in [-0.4, -0.2) is 32.7 Å². The lowest BCUT2D eigenvalue weighted by molar-refractivity contribution is 0.495. The topological polar surface area (TPSA) is 46.3 Å². The summed E-state index contributed by atoms with van der Waals surface area (Å²) in [5.74, 6) is 1.62. The van der Waals surface area contributed by atoms with E-state index >= 15 is 0 Å². The maximum absolute atomic E-state index is 4.91. The number of hydrogen-bond donors (Lipinski definition) is 0. The largest absolute Gasteiger partial charge is 0.355 e. The first-order valence-corrected chi connectivity index (χ1v) is 9.39. The number of aromatic nitrogens is 4. The highest BCUT2D eigenvalue weighted by atomic mass is 32.1. The fourth-order valence-corrected chi connectivity index (χ4v) is 4.47. The summed E-state index contributed by atoms with van der Waals surface area (Å²) in [5, 5.41) is 7.79. The SMILES string of the molecule is CC(C)(C)c1csc(C2CCN(c3ncnn4cccc34)CC2)n1. The molecule has 1 fully saturated rings. The smallest absolute Gasteiger partial charge is 0.156 e. The van der Waals surface area contributed by atoms with Crippen molar-refractivity contribution >= 4 is 22.7 Å². The van der Waals surface area contributed by atoms with Crippen LogP contribution in [-0.2, 0) is 5.41 Å². The van der Waals surface area contributed by atoms with Gasteiger partial charge in [0.1, 0.15) is 11.8 Å². The van der Waals surface area contributed by atoms with Crippen LogP contribution in [0.1, 0.15) is 50.2 Å². The lowest BCUT2D eigenvalue weighted by Crippen LogP contribution is -2.34. The minimum Gasteiger partial charge on any atom is -0.355 e. The van der Waals surface area contributed by atoms with Gasteiger partial charge in [-0.1, -0.05) is 20.8 Å². The molecule has 1 saturated heterocycles. The highest BCUT2D eigenvalue weighted by Gasteiger charge is 2.26. The fraction of sp³-hybridized carbons (Fsp3) is 0.500. The molecule has 0 saturated carbocycles. The first kappa shape index (κ1) is 15.6. The van der Waals surface area contributed by atoms with Crippen LogP contribution in [0.3, 0.4) is 0 Å². The Morgan fingerprint density at radius 2 is 2.00 bits per heavy atom. The third kappa shape index (κ3) is 2.79. The second kappa shape index (κ2) is 5.84. The zero-order chi connectivity index (χ0) is 16.7. The molecule has 0 radical (unpaired) electrons. The van der Waals surface area contributed by atoms with Crippen molar-refractivity contribution < 1.29 is 0 Å². The van der Waals surface area contributed by atoms with Gasteiger partial charge < -0.3 is 4.90 Å². The van der Waals surface area contributed by atoms with Gasteiger partial charge in [0.05, 0.1) is 10.7 Å². The molecule has 0 aromatic carbocycles. The van der Waals surface area contributed by atoms with Gasteiger partial charge in [-0.2, -0.15) is 5.10 Å². The molecule has 4 heterocycles. The summed E-state index contributed by atoms with van der Waals surface area (Å²) in [4.78, 5) is 11.8. The van der Waals surface area contributed by atoms with Gasteiger partial charge in [-0.15, -0.1) is 11.3 Å². The zero-order valence-corrected chi connectivity index (χ0v) is 15.3. The van der Waals surface area contributed by atoms with E-state index in [0.717, 1.165) is 37.3 Å². The molecule has 0 unspecified atom stereocenters. The fourth-order valence-electron chi connectivity index (χ4n) is 3.25. The minimum atomic E-state index is 0.136. The summed E-state index contributed by atoms with van der Waals surface area (Å²) in [6.45, 7) is 8.73. The predicted octanol–water partition coefficient (Wildman–Crippen LogP) is 3.87. The predicted molar refractivity (Wildman–Crippen MR) is 98.0 cm³/mol. The zero-order valence-electron chi connectivity index (χ0n) is 14.4. The van der Waals surface area contributed by atoms with Gasteiger partial charge in [-0.25, -0.2) is 14.5 Å². The molecule has 0 aliphatic carbocycles. The molecule has 0 spiro atoms. The third-order valence-electron chi connectivity index (χ3n) is 4.75. The van der Waals surface area contributed by atoms with E-state index in [1.165, 1.54) is 10.7 Å². The molecule has 3 aromatic rings. The van der Waals surface area contributed by atoms with Crippen molar-refractivity contribution in [3.05, 3.63) is 40.7 Å². The molecule has 1 aliphatic heterocycles. The maximum atomic E-state index is 4.91. The van der Waals surface area contributed by atoms with Crippen LogP contribution in [0, 0.1) is 0 Å². The Bertz CT molecular complexity index is 836. The minimum absolute atomic E-state index is 0.136. The van der Waals surface area contributed by atoms with Crippen LogP contribution in [0.2, 0.25) is 0 Å². The van der Waals surface area contributed by atoms with E-state index in [0.29, 0.717) is 5.92 Å². The third-order valence-corrected chi connectivity index (χ3v) is 5.75. The van der Waals surface area contributed by atoms with E-state index in [1.54, 1.807) is 6.33 Å². The first-order chi connectivity index (χ1) is 11.5. The summed E-state index contributed by atoms with van der Waals surface area (Å²) in [6, 6.07) is 4.10. The average Bonchev–Trinajstić information content (AvgIpc) is 3.23. The van der Waals surface area contributed by atoms with Crippen LogP contribution in [0.25, 0.3) is 5.52 Å². The number of nitrogens with zero attached hydrogens (tertiary/aromatic N) is 5. The molecule has 6 heteroatoms. The standard InChI is InChI=1S/C18H23N5S/c1-18(2,3)15-11-24-17(21-15)13-6-9-22(10-7-13)16-14-5-4-8-23(14)20-12-19-16/h4-5,8,11-13H,6-7,9-10H2,1-3H3. The Labute approximate surface area is 146 Å². The van der Waals surface area contributed by atoms with Crippen molar-refractivity contribution in [1.29, 1.82) is 0 Å². The average molecular weight is 341 g/mol. The Morgan fingerprint density at radius 3 is 2.71 bits per heavy atom. The van der Waals surface area contributed by atoms with Crippen LogP contribution >= 0.6 is 11.3 Å². The van der Waals surface area contributed by atoms with Gasteiger partial charge in [-0.3, -0.25) is 0 Å².